The number of nitrogens with one attached hydrogen (secondary N) is 1. The first-order valence-corrected chi connectivity index (χ1v) is 4.06. The topological polar surface area (TPSA) is 52.5 Å². The maximum Gasteiger partial charge on any atom is 0.123 e. The van der Waals surface area contributed by atoms with Crippen LogP contribution in [0.15, 0.2) is 6.20 Å². The highest BCUT2D eigenvalue weighted by atomic mass is 14.9. The molecule has 0 amide bonds. The molecule has 0 fully saturated rings. The number of nitriles is 1. The van der Waals surface area contributed by atoms with E-state index in [-0.39, 0.29) is 5.92 Å². The molecule has 1 rings (SSSR count). The molecule has 1 aromatic rings. The van der Waals surface area contributed by atoms with Crippen molar-refractivity contribution in [2.45, 2.75) is 26.7 Å². The Kier molecular flexibility index (Phi) is 2.49. The summed E-state index contributed by atoms with van der Waals surface area (Å²) in [4.78, 5) is 7.20. The van der Waals surface area contributed by atoms with Crippen molar-refractivity contribution in [3.05, 3.63) is 17.7 Å². The molecule has 1 heterocycles. The van der Waals surface area contributed by atoms with Gasteiger partial charge in [-0.05, 0) is 12.8 Å². The molecule has 0 radical (unpaired) electrons. The average Bonchev–Trinajstić information content (AvgIpc) is 2.37. The summed E-state index contributed by atoms with van der Waals surface area (Å²) < 4.78 is 0. The van der Waals surface area contributed by atoms with Crippen LogP contribution in [0.1, 0.15) is 31.3 Å². The Morgan fingerprint density at radius 2 is 2.25 bits per heavy atom. The van der Waals surface area contributed by atoms with Gasteiger partial charge < -0.3 is 4.98 Å². The highest BCUT2D eigenvalue weighted by Gasteiger charge is 2.17. The number of imidazole rings is 1. The van der Waals surface area contributed by atoms with Crippen LogP contribution in [-0.4, -0.2) is 9.97 Å². The zero-order chi connectivity index (χ0) is 9.14. The second kappa shape index (κ2) is 3.40. The fourth-order valence-corrected chi connectivity index (χ4v) is 1.12. The SMILES string of the molecule is Cc1cnc(C(C#N)C(C)C)[nH]1. The van der Waals surface area contributed by atoms with Crippen LogP contribution in [0.3, 0.4) is 0 Å². The number of aromatic nitrogens is 2. The van der Waals surface area contributed by atoms with Crippen LogP contribution < -0.4 is 0 Å². The molecule has 3 nitrogen and oxygen atoms in total. The first-order chi connectivity index (χ1) is 5.65. The van der Waals surface area contributed by atoms with Crippen LogP contribution in [0.2, 0.25) is 0 Å². The Morgan fingerprint density at radius 1 is 1.58 bits per heavy atom. The van der Waals surface area contributed by atoms with E-state index in [1.807, 2.05) is 20.8 Å². The lowest BCUT2D eigenvalue weighted by molar-refractivity contribution is 0.565. The molecule has 0 saturated carbocycles. The second-order valence-electron chi connectivity index (χ2n) is 3.30. The Bertz CT molecular complexity index is 293. The minimum absolute atomic E-state index is 0.112. The highest BCUT2D eigenvalue weighted by molar-refractivity contribution is 5.12. The monoisotopic (exact) mass is 163 g/mol. The molecular weight excluding hydrogens is 150 g/mol. The van der Waals surface area contributed by atoms with Crippen LogP contribution in [-0.2, 0) is 0 Å². The summed E-state index contributed by atoms with van der Waals surface area (Å²) in [6, 6.07) is 2.24. The maximum absolute atomic E-state index is 8.85. The molecule has 0 bridgehead atoms. The van der Waals surface area contributed by atoms with Crippen molar-refractivity contribution < 1.29 is 0 Å². The van der Waals surface area contributed by atoms with Gasteiger partial charge >= 0.3 is 0 Å². The Morgan fingerprint density at radius 3 is 2.58 bits per heavy atom. The molecular formula is C9H13N3. The minimum Gasteiger partial charge on any atom is -0.345 e. The van der Waals surface area contributed by atoms with Gasteiger partial charge in [-0.15, -0.1) is 0 Å². The molecule has 0 saturated heterocycles. The van der Waals surface area contributed by atoms with E-state index in [1.165, 1.54) is 0 Å². The van der Waals surface area contributed by atoms with Gasteiger partial charge in [-0.3, -0.25) is 0 Å². The molecule has 1 N–H and O–H groups in total. The third kappa shape index (κ3) is 1.65. The summed E-state index contributed by atoms with van der Waals surface area (Å²) in [7, 11) is 0. The van der Waals surface area contributed by atoms with E-state index >= 15 is 0 Å². The molecule has 1 aromatic heterocycles. The number of aromatic amines is 1. The van der Waals surface area contributed by atoms with Gasteiger partial charge in [0.15, 0.2) is 0 Å². The minimum atomic E-state index is -0.112. The zero-order valence-corrected chi connectivity index (χ0v) is 7.63. The number of rotatable bonds is 2. The normalized spacial score (nSPS) is 12.9. The fourth-order valence-electron chi connectivity index (χ4n) is 1.12. The molecule has 0 aliphatic rings. The van der Waals surface area contributed by atoms with Crippen molar-refractivity contribution in [2.75, 3.05) is 0 Å². The smallest absolute Gasteiger partial charge is 0.123 e. The highest BCUT2D eigenvalue weighted by Crippen LogP contribution is 2.20. The molecule has 0 spiro atoms. The number of H-pyrrole nitrogens is 1. The van der Waals surface area contributed by atoms with Crippen molar-refractivity contribution >= 4 is 0 Å². The van der Waals surface area contributed by atoms with Crippen LogP contribution in [0.25, 0.3) is 0 Å². The lowest BCUT2D eigenvalue weighted by atomic mass is 9.97. The molecule has 0 aliphatic carbocycles. The van der Waals surface area contributed by atoms with Crippen LogP contribution in [0.5, 0.6) is 0 Å². The first kappa shape index (κ1) is 8.79. The molecule has 12 heavy (non-hydrogen) atoms. The number of hydrogen-bond donors (Lipinski definition) is 1. The number of aryl methyl sites for hydroxylation is 1. The van der Waals surface area contributed by atoms with Gasteiger partial charge in [0, 0.05) is 11.9 Å². The van der Waals surface area contributed by atoms with E-state index in [0.717, 1.165) is 11.5 Å². The summed E-state index contributed by atoms with van der Waals surface area (Å²) in [5.41, 5.74) is 1.01. The zero-order valence-electron chi connectivity index (χ0n) is 7.63. The third-order valence-corrected chi connectivity index (χ3v) is 1.82. The lowest BCUT2D eigenvalue weighted by Crippen LogP contribution is -2.05. The number of nitrogens with zero attached hydrogens (tertiary/aromatic N) is 2. The van der Waals surface area contributed by atoms with E-state index in [1.54, 1.807) is 6.20 Å². The largest absolute Gasteiger partial charge is 0.345 e. The summed E-state index contributed by atoms with van der Waals surface area (Å²) in [6.45, 7) is 5.97. The van der Waals surface area contributed by atoms with Crippen molar-refractivity contribution in [1.29, 1.82) is 5.26 Å². The van der Waals surface area contributed by atoms with Gasteiger partial charge in [0.2, 0.25) is 0 Å². The first-order valence-electron chi connectivity index (χ1n) is 4.06. The standard InChI is InChI=1S/C9H13N3/c1-6(2)8(4-10)9-11-5-7(3)12-9/h5-6,8H,1-3H3,(H,11,12). The summed E-state index contributed by atoms with van der Waals surface area (Å²) in [5.74, 6) is 0.976. The van der Waals surface area contributed by atoms with Gasteiger partial charge in [-0.25, -0.2) is 4.98 Å². The van der Waals surface area contributed by atoms with Crippen molar-refractivity contribution in [3.8, 4) is 6.07 Å². The van der Waals surface area contributed by atoms with Crippen LogP contribution in [0.4, 0.5) is 0 Å². The molecule has 64 valence electrons. The van der Waals surface area contributed by atoms with Crippen LogP contribution in [0, 0.1) is 24.2 Å². The van der Waals surface area contributed by atoms with E-state index < -0.39 is 0 Å². The summed E-state index contributed by atoms with van der Waals surface area (Å²) >= 11 is 0. The van der Waals surface area contributed by atoms with Crippen molar-refractivity contribution in [1.82, 2.24) is 9.97 Å². The van der Waals surface area contributed by atoms with Gasteiger partial charge in [-0.1, -0.05) is 13.8 Å². The predicted octanol–water partition coefficient (Wildman–Crippen LogP) is 1.98. The molecule has 1 unspecified atom stereocenters. The predicted molar refractivity (Wildman–Crippen MR) is 46.5 cm³/mol. The quantitative estimate of drug-likeness (QED) is 0.724. The Balaban J connectivity index is 2.89. The van der Waals surface area contributed by atoms with Gasteiger partial charge in [-0.2, -0.15) is 5.26 Å². The third-order valence-electron chi connectivity index (χ3n) is 1.82. The molecule has 1 atom stereocenters. The van der Waals surface area contributed by atoms with Gasteiger partial charge in [0.1, 0.15) is 11.7 Å². The fraction of sp³-hybridized carbons (Fsp3) is 0.556. The summed E-state index contributed by atoms with van der Waals surface area (Å²) in [5, 5.41) is 8.85. The second-order valence-corrected chi connectivity index (χ2v) is 3.30. The molecule has 0 aliphatic heterocycles. The summed E-state index contributed by atoms with van der Waals surface area (Å²) in [6.07, 6.45) is 1.75. The van der Waals surface area contributed by atoms with E-state index in [9.17, 15) is 0 Å². The molecule has 3 heteroatoms. The van der Waals surface area contributed by atoms with Gasteiger partial charge in [0.25, 0.3) is 0 Å². The lowest BCUT2D eigenvalue weighted by Gasteiger charge is -2.08. The van der Waals surface area contributed by atoms with Crippen molar-refractivity contribution in [3.63, 3.8) is 0 Å². The van der Waals surface area contributed by atoms with E-state index in [2.05, 4.69) is 16.0 Å². The molecule has 0 aromatic carbocycles. The van der Waals surface area contributed by atoms with Crippen LogP contribution >= 0.6 is 0 Å². The van der Waals surface area contributed by atoms with Crippen molar-refractivity contribution in [2.24, 2.45) is 5.92 Å². The Hall–Kier alpha value is -1.30. The van der Waals surface area contributed by atoms with E-state index in [0.29, 0.717) is 5.92 Å². The Labute approximate surface area is 72.4 Å². The van der Waals surface area contributed by atoms with Gasteiger partial charge in [0.05, 0.1) is 6.07 Å². The van der Waals surface area contributed by atoms with E-state index in [4.69, 9.17) is 5.26 Å². The maximum atomic E-state index is 8.85. The number of hydrogen-bond acceptors (Lipinski definition) is 2. The average molecular weight is 163 g/mol.